The molecule has 4 aliphatic carbocycles. The van der Waals surface area contributed by atoms with Crippen LogP contribution < -0.4 is 0 Å². The number of fused-ring (bicyclic) bond motifs is 4. The van der Waals surface area contributed by atoms with E-state index >= 15 is 0 Å². The normalized spacial score (nSPS) is 28.8. The van der Waals surface area contributed by atoms with Gasteiger partial charge in [0.25, 0.3) is 0 Å². The SMILES string of the molecule is CC1=C(CC2=C(C)C=C3C=C4C(C)=C(C)SC4C=C32)C2=CC3SC(C)=C(C)C3=CC2=C1. The highest BCUT2D eigenvalue weighted by Crippen LogP contribution is 2.52. The summed E-state index contributed by atoms with van der Waals surface area (Å²) in [6, 6.07) is 0. The minimum atomic E-state index is 0.492. The first kappa shape index (κ1) is 19.8. The highest BCUT2D eigenvalue weighted by Gasteiger charge is 2.34. The fraction of sp³-hybridized carbons (Fsp3) is 0.310. The fourth-order valence-electron chi connectivity index (χ4n) is 5.63. The molecular weight excluding hydrogens is 412 g/mol. The number of allylic oxidation sites excluding steroid dienone is 16. The summed E-state index contributed by atoms with van der Waals surface area (Å²) < 4.78 is 0. The average Bonchev–Trinajstić information content (AvgIpc) is 3.38. The predicted molar refractivity (Wildman–Crippen MR) is 138 cm³/mol. The molecule has 0 amide bonds. The Morgan fingerprint density at radius 1 is 0.613 bits per heavy atom. The Morgan fingerprint density at radius 3 is 1.45 bits per heavy atom. The Bertz CT molecular complexity index is 1190. The molecule has 0 fully saturated rings. The molecular formula is C29H28S2. The zero-order valence-electron chi connectivity index (χ0n) is 19.1. The third-order valence-corrected chi connectivity index (χ3v) is 10.3. The van der Waals surface area contributed by atoms with E-state index in [4.69, 9.17) is 0 Å². The van der Waals surface area contributed by atoms with Gasteiger partial charge in [0.1, 0.15) is 0 Å². The van der Waals surface area contributed by atoms with Crippen LogP contribution in [0, 0.1) is 0 Å². The Kier molecular flexibility index (Phi) is 4.33. The first-order valence-electron chi connectivity index (χ1n) is 11.2. The Hall–Kier alpha value is -1.90. The lowest BCUT2D eigenvalue weighted by Crippen LogP contribution is -2.09. The zero-order chi connectivity index (χ0) is 21.6. The monoisotopic (exact) mass is 440 g/mol. The van der Waals surface area contributed by atoms with Crippen LogP contribution in [0.25, 0.3) is 0 Å². The quantitative estimate of drug-likeness (QED) is 0.422. The Labute approximate surface area is 194 Å². The molecule has 2 atom stereocenters. The number of thioether (sulfide) groups is 2. The highest BCUT2D eigenvalue weighted by atomic mass is 32.2. The fourth-order valence-corrected chi connectivity index (χ4v) is 8.14. The summed E-state index contributed by atoms with van der Waals surface area (Å²) in [6.45, 7) is 13.7. The van der Waals surface area contributed by atoms with Gasteiger partial charge in [0.05, 0.1) is 10.5 Å². The van der Waals surface area contributed by atoms with Crippen LogP contribution >= 0.6 is 23.5 Å². The van der Waals surface area contributed by atoms with Gasteiger partial charge in [0.2, 0.25) is 0 Å². The summed E-state index contributed by atoms with van der Waals surface area (Å²) in [5.74, 6) is 0. The van der Waals surface area contributed by atoms with Gasteiger partial charge in [0.15, 0.2) is 0 Å². The van der Waals surface area contributed by atoms with Gasteiger partial charge in [-0.1, -0.05) is 24.3 Å². The molecule has 0 N–H and O–H groups in total. The van der Waals surface area contributed by atoms with Crippen LogP contribution in [0.2, 0.25) is 0 Å². The van der Waals surface area contributed by atoms with Crippen molar-refractivity contribution in [2.24, 2.45) is 0 Å². The van der Waals surface area contributed by atoms with E-state index in [2.05, 4.69) is 78.0 Å². The van der Waals surface area contributed by atoms with Gasteiger partial charge in [-0.3, -0.25) is 0 Å². The molecule has 2 unspecified atom stereocenters. The molecule has 6 aliphatic rings. The van der Waals surface area contributed by atoms with E-state index in [1.807, 2.05) is 23.5 Å². The van der Waals surface area contributed by atoms with Gasteiger partial charge in [-0.25, -0.2) is 0 Å². The van der Waals surface area contributed by atoms with Crippen molar-refractivity contribution in [3.8, 4) is 0 Å². The van der Waals surface area contributed by atoms with Gasteiger partial charge in [0, 0.05) is 0 Å². The van der Waals surface area contributed by atoms with Crippen molar-refractivity contribution in [3.05, 3.63) is 113 Å². The van der Waals surface area contributed by atoms with Crippen LogP contribution in [0.5, 0.6) is 0 Å². The van der Waals surface area contributed by atoms with Crippen molar-refractivity contribution in [2.75, 3.05) is 0 Å². The number of hydrogen-bond acceptors (Lipinski definition) is 2. The van der Waals surface area contributed by atoms with Crippen molar-refractivity contribution in [1.82, 2.24) is 0 Å². The van der Waals surface area contributed by atoms with Crippen LogP contribution in [-0.2, 0) is 0 Å². The maximum atomic E-state index is 2.54. The summed E-state index contributed by atoms with van der Waals surface area (Å²) in [6.07, 6.45) is 15.8. The molecule has 0 bridgehead atoms. The maximum absolute atomic E-state index is 2.54. The lowest BCUT2D eigenvalue weighted by molar-refractivity contribution is 1.08. The van der Waals surface area contributed by atoms with Gasteiger partial charge in [-0.2, -0.15) is 0 Å². The standard InChI is InChI=1S/C29H28S2/c1-14-7-20-9-24-16(3)18(5)30-28(24)12-26(20)22(14)11-23-15(2)8-21-10-25-17(4)19(6)31-29(25)13-27(21)23/h7-10,12-13,28-29H,11H2,1-6H3. The molecule has 0 saturated heterocycles. The Morgan fingerprint density at radius 2 is 1.03 bits per heavy atom. The van der Waals surface area contributed by atoms with Crippen molar-refractivity contribution in [3.63, 3.8) is 0 Å². The summed E-state index contributed by atoms with van der Waals surface area (Å²) in [7, 11) is 0. The average molecular weight is 441 g/mol. The molecule has 0 aromatic carbocycles. The van der Waals surface area contributed by atoms with E-state index in [9.17, 15) is 0 Å². The molecule has 0 nitrogen and oxygen atoms in total. The van der Waals surface area contributed by atoms with Crippen LogP contribution in [0.3, 0.4) is 0 Å². The van der Waals surface area contributed by atoms with E-state index in [1.54, 1.807) is 0 Å². The summed E-state index contributed by atoms with van der Waals surface area (Å²) >= 11 is 4.04. The molecule has 0 radical (unpaired) electrons. The lowest BCUT2D eigenvalue weighted by atomic mass is 9.84. The van der Waals surface area contributed by atoms with E-state index in [1.165, 1.54) is 76.7 Å². The van der Waals surface area contributed by atoms with Crippen LogP contribution in [0.1, 0.15) is 48.0 Å². The van der Waals surface area contributed by atoms with Gasteiger partial charge < -0.3 is 0 Å². The Balaban J connectivity index is 1.31. The van der Waals surface area contributed by atoms with E-state index in [0.29, 0.717) is 10.5 Å². The topological polar surface area (TPSA) is 0 Å². The van der Waals surface area contributed by atoms with Crippen molar-refractivity contribution < 1.29 is 0 Å². The maximum Gasteiger partial charge on any atom is 0.0533 e. The lowest BCUT2D eigenvalue weighted by Gasteiger charge is -2.22. The van der Waals surface area contributed by atoms with E-state index in [0.717, 1.165) is 6.42 Å². The third kappa shape index (κ3) is 2.84. The van der Waals surface area contributed by atoms with Gasteiger partial charge in [-0.05, 0) is 137 Å². The van der Waals surface area contributed by atoms with Gasteiger partial charge in [-0.15, -0.1) is 23.5 Å². The first-order chi connectivity index (χ1) is 14.8. The van der Waals surface area contributed by atoms with Crippen LogP contribution in [0.4, 0.5) is 0 Å². The third-order valence-electron chi connectivity index (χ3n) is 7.72. The molecule has 31 heavy (non-hydrogen) atoms. The van der Waals surface area contributed by atoms with Crippen molar-refractivity contribution in [1.29, 1.82) is 0 Å². The van der Waals surface area contributed by atoms with Crippen LogP contribution in [-0.4, -0.2) is 10.5 Å². The van der Waals surface area contributed by atoms with Crippen molar-refractivity contribution in [2.45, 2.75) is 58.5 Å². The highest BCUT2D eigenvalue weighted by molar-refractivity contribution is 8.04. The molecule has 0 saturated carbocycles. The van der Waals surface area contributed by atoms with Crippen LogP contribution in [0.15, 0.2) is 113 Å². The second-order valence-corrected chi connectivity index (χ2v) is 12.2. The molecule has 2 heterocycles. The summed E-state index contributed by atoms with van der Waals surface area (Å²) in [5, 5.41) is 0.985. The largest absolute Gasteiger partial charge is 0.118 e. The summed E-state index contributed by atoms with van der Waals surface area (Å²) in [4.78, 5) is 2.95. The summed E-state index contributed by atoms with van der Waals surface area (Å²) in [5.41, 5.74) is 17.7. The van der Waals surface area contributed by atoms with E-state index < -0.39 is 0 Å². The molecule has 6 rings (SSSR count). The van der Waals surface area contributed by atoms with Gasteiger partial charge >= 0.3 is 0 Å². The smallest absolute Gasteiger partial charge is 0.0533 e. The predicted octanol–water partition coefficient (Wildman–Crippen LogP) is 8.44. The second-order valence-electron chi connectivity index (χ2n) is 9.50. The first-order valence-corrected chi connectivity index (χ1v) is 13.0. The minimum Gasteiger partial charge on any atom is -0.118 e. The molecule has 0 spiro atoms. The molecule has 156 valence electrons. The minimum absolute atomic E-state index is 0.492. The van der Waals surface area contributed by atoms with E-state index in [-0.39, 0.29) is 0 Å². The number of rotatable bonds is 2. The zero-order valence-corrected chi connectivity index (χ0v) is 20.8. The second kappa shape index (κ2) is 6.80. The van der Waals surface area contributed by atoms with Crippen molar-refractivity contribution >= 4 is 23.5 Å². The molecule has 2 aliphatic heterocycles. The molecule has 0 aromatic rings. The number of hydrogen-bond donors (Lipinski definition) is 0. The molecule has 2 heteroatoms. The molecule has 0 aromatic heterocycles.